The molecule has 1 aliphatic rings. The van der Waals surface area contributed by atoms with Crippen LogP contribution < -0.4 is 10.6 Å². The molecule has 0 unspecified atom stereocenters. The first-order valence-corrected chi connectivity index (χ1v) is 10.5. The van der Waals surface area contributed by atoms with Crippen molar-refractivity contribution in [3.8, 4) is 0 Å². The molecule has 2 N–H and O–H groups in total. The Morgan fingerprint density at radius 3 is 2.35 bits per heavy atom. The van der Waals surface area contributed by atoms with E-state index in [1.807, 2.05) is 13.8 Å². The summed E-state index contributed by atoms with van der Waals surface area (Å²) in [6.07, 6.45) is -4.05. The Kier molecular flexibility index (Phi) is 6.08. The number of amides is 1. The number of rotatable bonds is 4. The van der Waals surface area contributed by atoms with Crippen LogP contribution in [0.3, 0.4) is 0 Å². The first kappa shape index (κ1) is 23.4. The fourth-order valence-electron chi connectivity index (χ4n) is 4.34. The van der Waals surface area contributed by atoms with Gasteiger partial charge in [-0.15, -0.1) is 0 Å². The number of alkyl halides is 3. The van der Waals surface area contributed by atoms with Crippen molar-refractivity contribution in [1.82, 2.24) is 15.1 Å². The highest BCUT2D eigenvalue weighted by Gasteiger charge is 2.47. The van der Waals surface area contributed by atoms with Gasteiger partial charge in [0, 0.05) is 23.0 Å². The van der Waals surface area contributed by atoms with Gasteiger partial charge in [0.1, 0.15) is 5.82 Å². The number of benzene rings is 1. The van der Waals surface area contributed by atoms with Crippen LogP contribution in [0.15, 0.2) is 30.3 Å². The third-order valence-corrected chi connectivity index (χ3v) is 5.37. The lowest BCUT2D eigenvalue weighted by molar-refractivity contribution is -0.173. The number of carbonyl (C=O) groups is 1. The number of fused-ring (bicyclic) bond motifs is 1. The van der Waals surface area contributed by atoms with Crippen LogP contribution in [-0.2, 0) is 0 Å². The van der Waals surface area contributed by atoms with Crippen molar-refractivity contribution >= 4 is 23.3 Å². The molecule has 2 heterocycles. The normalized spacial score (nSPS) is 19.5. The maximum atomic E-state index is 13.8. The van der Waals surface area contributed by atoms with E-state index in [0.29, 0.717) is 17.0 Å². The Labute approximate surface area is 185 Å². The molecule has 0 spiro atoms. The average Bonchev–Trinajstić information content (AvgIpc) is 3.02. The molecule has 1 amide bonds. The van der Waals surface area contributed by atoms with Crippen LogP contribution in [-0.4, -0.2) is 27.4 Å². The van der Waals surface area contributed by atoms with Crippen molar-refractivity contribution in [1.29, 1.82) is 0 Å². The third kappa shape index (κ3) is 5.73. The Hall–Kier alpha value is -2.22. The molecule has 0 aliphatic carbocycles. The van der Waals surface area contributed by atoms with E-state index >= 15 is 0 Å². The minimum atomic E-state index is -4.51. The van der Waals surface area contributed by atoms with Crippen LogP contribution in [0, 0.1) is 5.41 Å². The van der Waals surface area contributed by atoms with Gasteiger partial charge in [0.25, 0.3) is 5.91 Å². The molecule has 170 valence electrons. The molecular formula is C22H28ClF3N4O. The zero-order chi connectivity index (χ0) is 23.2. The van der Waals surface area contributed by atoms with Crippen molar-refractivity contribution in [2.75, 3.05) is 5.32 Å². The minimum absolute atomic E-state index is 0.0288. The SMILES string of the molecule is CC(C)(C)CC(C)(C)NC(=O)c1cc2n(n1)[C@H](C(F)(F)F)C[C@@H](c1ccc(Cl)cc1)N2. The fourth-order valence-corrected chi connectivity index (χ4v) is 4.47. The smallest absolute Gasteiger partial charge is 0.363 e. The second kappa shape index (κ2) is 8.04. The number of halogens is 4. The fraction of sp³-hybridized carbons (Fsp3) is 0.545. The zero-order valence-corrected chi connectivity index (χ0v) is 19.0. The van der Waals surface area contributed by atoms with Gasteiger partial charge in [-0.2, -0.15) is 18.3 Å². The van der Waals surface area contributed by atoms with Crippen LogP contribution >= 0.6 is 11.6 Å². The Bertz CT molecular complexity index is 945. The topological polar surface area (TPSA) is 59.0 Å². The van der Waals surface area contributed by atoms with Gasteiger partial charge < -0.3 is 10.6 Å². The molecule has 2 atom stereocenters. The van der Waals surface area contributed by atoms with Gasteiger partial charge in [0.2, 0.25) is 0 Å². The maximum Gasteiger partial charge on any atom is 0.410 e. The van der Waals surface area contributed by atoms with E-state index in [1.54, 1.807) is 24.3 Å². The van der Waals surface area contributed by atoms with Crippen LogP contribution in [0.25, 0.3) is 0 Å². The zero-order valence-electron chi connectivity index (χ0n) is 18.3. The lowest BCUT2D eigenvalue weighted by atomic mass is 9.82. The van der Waals surface area contributed by atoms with Gasteiger partial charge >= 0.3 is 6.18 Å². The summed E-state index contributed by atoms with van der Waals surface area (Å²) in [6.45, 7) is 9.96. The lowest BCUT2D eigenvalue weighted by Crippen LogP contribution is -2.46. The second-order valence-electron chi connectivity index (χ2n) is 9.98. The average molecular weight is 457 g/mol. The largest absolute Gasteiger partial charge is 0.410 e. The van der Waals surface area contributed by atoms with Gasteiger partial charge in [0.05, 0.1) is 6.04 Å². The molecule has 0 saturated heterocycles. The van der Waals surface area contributed by atoms with Crippen molar-refractivity contribution in [3.05, 3.63) is 46.6 Å². The van der Waals surface area contributed by atoms with E-state index in [-0.39, 0.29) is 23.3 Å². The number of carbonyl (C=O) groups excluding carboxylic acids is 1. The molecule has 0 fully saturated rings. The summed E-state index contributed by atoms with van der Waals surface area (Å²) in [4.78, 5) is 12.8. The molecule has 3 rings (SSSR count). The molecule has 31 heavy (non-hydrogen) atoms. The molecule has 0 saturated carbocycles. The van der Waals surface area contributed by atoms with Gasteiger partial charge in [-0.3, -0.25) is 4.79 Å². The van der Waals surface area contributed by atoms with Gasteiger partial charge in [-0.05, 0) is 43.4 Å². The lowest BCUT2D eigenvalue weighted by Gasteiger charge is -2.33. The molecular weight excluding hydrogens is 429 g/mol. The van der Waals surface area contributed by atoms with Gasteiger partial charge in [-0.25, -0.2) is 4.68 Å². The highest BCUT2D eigenvalue weighted by molar-refractivity contribution is 6.30. The summed E-state index contributed by atoms with van der Waals surface area (Å²) in [5.41, 5.74) is 0.0695. The first-order chi connectivity index (χ1) is 14.1. The minimum Gasteiger partial charge on any atom is -0.363 e. The van der Waals surface area contributed by atoms with Gasteiger partial charge in [-0.1, -0.05) is 44.5 Å². The number of hydrogen-bond donors (Lipinski definition) is 2. The summed E-state index contributed by atoms with van der Waals surface area (Å²) in [6, 6.07) is 5.63. The molecule has 0 radical (unpaired) electrons. The summed E-state index contributed by atoms with van der Waals surface area (Å²) >= 11 is 5.90. The van der Waals surface area contributed by atoms with Crippen LogP contribution in [0.2, 0.25) is 5.02 Å². The predicted octanol–water partition coefficient (Wildman–Crippen LogP) is 6.14. The summed E-state index contributed by atoms with van der Waals surface area (Å²) in [5.74, 6) is -0.339. The van der Waals surface area contributed by atoms with E-state index in [4.69, 9.17) is 11.6 Å². The van der Waals surface area contributed by atoms with Crippen LogP contribution in [0.5, 0.6) is 0 Å². The summed E-state index contributed by atoms with van der Waals surface area (Å²) in [7, 11) is 0. The van der Waals surface area contributed by atoms with Gasteiger partial charge in [0.15, 0.2) is 11.7 Å². The molecule has 1 aromatic heterocycles. The summed E-state index contributed by atoms with van der Waals surface area (Å²) in [5, 5.41) is 10.5. The van der Waals surface area contributed by atoms with Crippen molar-refractivity contribution in [2.45, 2.75) is 71.3 Å². The predicted molar refractivity (Wildman–Crippen MR) is 115 cm³/mol. The Morgan fingerprint density at radius 2 is 1.81 bits per heavy atom. The van der Waals surface area contributed by atoms with Crippen molar-refractivity contribution in [2.24, 2.45) is 5.41 Å². The Morgan fingerprint density at radius 1 is 1.19 bits per heavy atom. The van der Waals surface area contributed by atoms with Crippen LogP contribution in [0.4, 0.5) is 19.0 Å². The van der Waals surface area contributed by atoms with E-state index < -0.39 is 29.7 Å². The van der Waals surface area contributed by atoms with Crippen LogP contribution in [0.1, 0.15) is 75.6 Å². The van der Waals surface area contributed by atoms with E-state index in [1.165, 1.54) is 6.07 Å². The number of anilines is 1. The molecule has 1 aromatic carbocycles. The highest BCUT2D eigenvalue weighted by Crippen LogP contribution is 2.43. The second-order valence-corrected chi connectivity index (χ2v) is 10.4. The standard InChI is InChI=1S/C22H28ClF3N4O/c1-20(2,3)12-21(4,5)28-19(31)16-11-18-27-15(13-6-8-14(23)9-7-13)10-17(22(24,25)26)30(18)29-16/h6-9,11,15,17,27H,10,12H2,1-5H3,(H,28,31)/t15-,17-/m0/s1. The molecule has 2 aromatic rings. The quantitative estimate of drug-likeness (QED) is 0.580. The number of hydrogen-bond acceptors (Lipinski definition) is 3. The van der Waals surface area contributed by atoms with Crippen molar-refractivity contribution in [3.63, 3.8) is 0 Å². The molecule has 5 nitrogen and oxygen atoms in total. The summed E-state index contributed by atoms with van der Waals surface area (Å²) < 4.78 is 42.4. The molecule has 1 aliphatic heterocycles. The molecule has 0 bridgehead atoms. The van der Waals surface area contributed by atoms with E-state index in [9.17, 15) is 18.0 Å². The highest BCUT2D eigenvalue weighted by atomic mass is 35.5. The number of nitrogens with one attached hydrogen (secondary N) is 2. The molecule has 9 heteroatoms. The van der Waals surface area contributed by atoms with Crippen molar-refractivity contribution < 1.29 is 18.0 Å². The maximum absolute atomic E-state index is 13.8. The Balaban J connectivity index is 1.89. The monoisotopic (exact) mass is 456 g/mol. The van der Waals surface area contributed by atoms with E-state index in [2.05, 4.69) is 36.5 Å². The third-order valence-electron chi connectivity index (χ3n) is 5.12. The number of aromatic nitrogens is 2. The van der Waals surface area contributed by atoms with E-state index in [0.717, 1.165) is 4.68 Å². The first-order valence-electron chi connectivity index (χ1n) is 10.2. The number of nitrogens with zero attached hydrogens (tertiary/aromatic N) is 2.